The molecule has 0 radical (unpaired) electrons. The van der Waals surface area contributed by atoms with Gasteiger partial charge in [-0.2, -0.15) is 0 Å². The molecule has 1 amide bonds. The van der Waals surface area contributed by atoms with E-state index in [1.165, 1.54) is 6.20 Å². The second kappa shape index (κ2) is 6.36. The number of hydrogen-bond donors (Lipinski definition) is 2. The Morgan fingerprint density at radius 2 is 2.05 bits per heavy atom. The number of pyridine rings is 1. The highest BCUT2D eigenvalue weighted by Crippen LogP contribution is 2.36. The van der Waals surface area contributed by atoms with Crippen LogP contribution < -0.4 is 11.1 Å². The maximum Gasteiger partial charge on any atom is 0.252 e. The van der Waals surface area contributed by atoms with E-state index < -0.39 is 8.32 Å². The van der Waals surface area contributed by atoms with Gasteiger partial charge in [-0.15, -0.1) is 0 Å². The number of carbonyl (C=O) groups is 1. The summed E-state index contributed by atoms with van der Waals surface area (Å²) < 4.78 is 5.99. The lowest BCUT2D eigenvalue weighted by atomic mass is 10.2. The summed E-state index contributed by atoms with van der Waals surface area (Å²) in [6.07, 6.45) is 1.47. The summed E-state index contributed by atoms with van der Waals surface area (Å²) in [5.74, 6) is 0.249. The maximum atomic E-state index is 11.8. The van der Waals surface area contributed by atoms with Gasteiger partial charge in [0.1, 0.15) is 5.82 Å². The van der Waals surface area contributed by atoms with Gasteiger partial charge in [0.05, 0.1) is 12.2 Å². The Bertz CT molecular complexity index is 452. The second-order valence-electron chi connectivity index (χ2n) is 6.34. The number of carbonyl (C=O) groups excluding carboxylic acids is 1. The number of anilines is 1. The van der Waals surface area contributed by atoms with E-state index in [9.17, 15) is 4.79 Å². The molecule has 0 fully saturated rings. The van der Waals surface area contributed by atoms with E-state index >= 15 is 0 Å². The zero-order valence-electron chi connectivity index (χ0n) is 13.0. The van der Waals surface area contributed by atoms with Crippen molar-refractivity contribution in [3.63, 3.8) is 0 Å². The van der Waals surface area contributed by atoms with Crippen LogP contribution in [-0.2, 0) is 4.43 Å². The number of rotatable bonds is 5. The Kier molecular flexibility index (Phi) is 5.30. The maximum absolute atomic E-state index is 11.8. The summed E-state index contributed by atoms with van der Waals surface area (Å²) in [6, 6.07) is 3.27. The van der Waals surface area contributed by atoms with Crippen LogP contribution >= 0.6 is 0 Å². The number of nitrogen functional groups attached to an aromatic ring is 1. The van der Waals surface area contributed by atoms with E-state index in [0.29, 0.717) is 24.5 Å². The van der Waals surface area contributed by atoms with E-state index in [-0.39, 0.29) is 10.9 Å². The highest BCUT2D eigenvalue weighted by atomic mass is 28.4. The third kappa shape index (κ3) is 4.61. The van der Waals surface area contributed by atoms with Gasteiger partial charge in [0, 0.05) is 12.7 Å². The van der Waals surface area contributed by atoms with Gasteiger partial charge in [0.2, 0.25) is 0 Å². The molecule has 0 bridgehead atoms. The Hall–Kier alpha value is -1.40. The Morgan fingerprint density at radius 1 is 1.40 bits per heavy atom. The van der Waals surface area contributed by atoms with E-state index in [0.717, 1.165) is 0 Å². The van der Waals surface area contributed by atoms with Gasteiger partial charge in [-0.25, -0.2) is 4.98 Å². The van der Waals surface area contributed by atoms with Crippen LogP contribution in [0, 0.1) is 0 Å². The second-order valence-corrected chi connectivity index (χ2v) is 11.1. The molecule has 1 aromatic rings. The standard InChI is InChI=1S/C14H25N3O2Si/c1-14(2,3)20(4,5)19-9-8-16-13(18)11-6-7-12(15)17-10-11/h6-7,10H,8-9H2,1-5H3,(H2,15,17)(H,16,18). The quantitative estimate of drug-likeness (QED) is 0.646. The van der Waals surface area contributed by atoms with Crippen LogP contribution in [0.2, 0.25) is 18.1 Å². The molecule has 5 nitrogen and oxygen atoms in total. The van der Waals surface area contributed by atoms with Gasteiger partial charge in [0.15, 0.2) is 8.32 Å². The Morgan fingerprint density at radius 3 is 2.55 bits per heavy atom. The molecule has 0 saturated heterocycles. The van der Waals surface area contributed by atoms with Gasteiger partial charge in [-0.1, -0.05) is 20.8 Å². The first-order chi connectivity index (χ1) is 9.13. The minimum Gasteiger partial charge on any atom is -0.415 e. The molecule has 0 saturated carbocycles. The first kappa shape index (κ1) is 16.7. The number of hydrogen-bond acceptors (Lipinski definition) is 4. The van der Waals surface area contributed by atoms with Gasteiger partial charge in [-0.05, 0) is 30.3 Å². The Labute approximate surface area is 122 Å². The fraction of sp³-hybridized carbons (Fsp3) is 0.571. The molecule has 0 unspecified atom stereocenters. The van der Waals surface area contributed by atoms with Crippen LogP contribution in [0.25, 0.3) is 0 Å². The molecule has 0 atom stereocenters. The van der Waals surface area contributed by atoms with Gasteiger partial charge < -0.3 is 15.5 Å². The highest BCUT2D eigenvalue weighted by molar-refractivity contribution is 6.74. The SMILES string of the molecule is CC(C)(C)[Si](C)(C)OCCNC(=O)c1ccc(N)nc1. The molecule has 3 N–H and O–H groups in total. The molecule has 0 aromatic carbocycles. The van der Waals surface area contributed by atoms with Gasteiger partial charge in [-0.3, -0.25) is 4.79 Å². The van der Waals surface area contributed by atoms with Crippen LogP contribution in [0.4, 0.5) is 5.82 Å². The number of nitrogens with two attached hydrogens (primary N) is 1. The number of amides is 1. The third-order valence-corrected chi connectivity index (χ3v) is 8.24. The van der Waals surface area contributed by atoms with Gasteiger partial charge >= 0.3 is 0 Å². The van der Waals surface area contributed by atoms with Crippen molar-refractivity contribution in [3.8, 4) is 0 Å². The third-order valence-electron chi connectivity index (χ3n) is 3.71. The molecule has 0 aliphatic carbocycles. The first-order valence-corrected chi connectivity index (χ1v) is 9.68. The molecule has 20 heavy (non-hydrogen) atoms. The van der Waals surface area contributed by atoms with Crippen molar-refractivity contribution in [2.75, 3.05) is 18.9 Å². The summed E-state index contributed by atoms with van der Waals surface area (Å²) in [5.41, 5.74) is 5.98. The fourth-order valence-electron chi connectivity index (χ4n) is 1.33. The van der Waals surface area contributed by atoms with Crippen molar-refractivity contribution in [2.24, 2.45) is 0 Å². The molecule has 1 heterocycles. The molecule has 0 aliphatic rings. The molecular weight excluding hydrogens is 270 g/mol. The fourth-order valence-corrected chi connectivity index (χ4v) is 2.37. The predicted octanol–water partition coefficient (Wildman–Crippen LogP) is 2.42. The molecule has 1 aromatic heterocycles. The van der Waals surface area contributed by atoms with E-state index in [1.807, 2.05) is 0 Å². The summed E-state index contributed by atoms with van der Waals surface area (Å²) in [5, 5.41) is 3.00. The van der Waals surface area contributed by atoms with Crippen molar-refractivity contribution in [1.82, 2.24) is 10.3 Å². The minimum atomic E-state index is -1.74. The summed E-state index contributed by atoms with van der Waals surface area (Å²) in [6.45, 7) is 12.0. The molecule has 0 aliphatic heterocycles. The lowest BCUT2D eigenvalue weighted by Crippen LogP contribution is -2.42. The van der Waals surface area contributed by atoms with Crippen LogP contribution in [0.5, 0.6) is 0 Å². The Balaban J connectivity index is 2.38. The lowest BCUT2D eigenvalue weighted by Gasteiger charge is -2.36. The molecule has 0 spiro atoms. The van der Waals surface area contributed by atoms with Crippen molar-refractivity contribution in [2.45, 2.75) is 38.9 Å². The van der Waals surface area contributed by atoms with Crippen LogP contribution in [-0.4, -0.2) is 32.4 Å². The van der Waals surface area contributed by atoms with Crippen LogP contribution in [0.15, 0.2) is 18.3 Å². The zero-order valence-corrected chi connectivity index (χ0v) is 14.0. The normalized spacial score (nSPS) is 12.2. The van der Waals surface area contributed by atoms with E-state index in [1.54, 1.807) is 12.1 Å². The number of nitrogens with one attached hydrogen (secondary N) is 1. The van der Waals surface area contributed by atoms with E-state index in [2.05, 4.69) is 44.2 Å². The van der Waals surface area contributed by atoms with E-state index in [4.69, 9.17) is 10.2 Å². The van der Waals surface area contributed by atoms with Crippen LogP contribution in [0.1, 0.15) is 31.1 Å². The van der Waals surface area contributed by atoms with Crippen molar-refractivity contribution in [3.05, 3.63) is 23.9 Å². The molecule has 1 rings (SSSR count). The highest BCUT2D eigenvalue weighted by Gasteiger charge is 2.36. The summed E-state index contributed by atoms with van der Waals surface area (Å²) in [7, 11) is -1.74. The molecule has 112 valence electrons. The average molecular weight is 295 g/mol. The molecule has 6 heteroatoms. The average Bonchev–Trinajstić information content (AvgIpc) is 2.34. The van der Waals surface area contributed by atoms with Crippen LogP contribution in [0.3, 0.4) is 0 Å². The van der Waals surface area contributed by atoms with Gasteiger partial charge in [0.25, 0.3) is 5.91 Å². The lowest BCUT2D eigenvalue weighted by molar-refractivity contribution is 0.0945. The monoisotopic (exact) mass is 295 g/mol. The summed E-state index contributed by atoms with van der Waals surface area (Å²) in [4.78, 5) is 15.7. The van der Waals surface area contributed by atoms with Crippen molar-refractivity contribution < 1.29 is 9.22 Å². The predicted molar refractivity (Wildman–Crippen MR) is 84.1 cm³/mol. The smallest absolute Gasteiger partial charge is 0.252 e. The largest absolute Gasteiger partial charge is 0.415 e. The minimum absolute atomic E-state index is 0.156. The van der Waals surface area contributed by atoms with Crippen molar-refractivity contribution >= 4 is 20.0 Å². The number of aromatic nitrogens is 1. The zero-order chi connectivity index (χ0) is 15.4. The topological polar surface area (TPSA) is 77.2 Å². The first-order valence-electron chi connectivity index (χ1n) is 6.77. The number of nitrogens with zero attached hydrogens (tertiary/aromatic N) is 1. The summed E-state index contributed by atoms with van der Waals surface area (Å²) >= 11 is 0. The van der Waals surface area contributed by atoms with Crippen molar-refractivity contribution in [1.29, 1.82) is 0 Å². The molecular formula is C14H25N3O2Si.